The Balaban J connectivity index is 0. The van der Waals surface area contributed by atoms with Crippen LogP contribution in [0.2, 0.25) is 0 Å². The summed E-state index contributed by atoms with van der Waals surface area (Å²) in [5, 5.41) is 0. The van der Waals surface area contributed by atoms with Crippen LogP contribution in [0, 0.1) is 0 Å². The van der Waals surface area contributed by atoms with Crippen LogP contribution < -0.4 is 0 Å². The number of hydrogen-bond acceptors (Lipinski definition) is 5. The Bertz CT molecular complexity index is 1480. The number of nitrogens with zero attached hydrogens (tertiary/aromatic N) is 16. The lowest BCUT2D eigenvalue weighted by Crippen LogP contribution is -2.45. The topological polar surface area (TPSA) is 118 Å². The van der Waals surface area contributed by atoms with Crippen LogP contribution in [0.1, 0.15) is 320 Å². The highest BCUT2D eigenvalue weighted by atomic mass is 31.3. The lowest BCUT2D eigenvalue weighted by Gasteiger charge is -2.52. The molecule has 0 amide bonds. The molecule has 0 spiro atoms. The molecule has 94 heavy (non-hydrogen) atoms. The van der Waals surface area contributed by atoms with E-state index >= 15 is 0 Å². The minimum Gasteiger partial charge on any atom is -0.870 e. The van der Waals surface area contributed by atoms with Gasteiger partial charge < -0.3 is 5.48 Å². The molecule has 0 aliphatic heterocycles. The lowest BCUT2D eigenvalue weighted by molar-refractivity contribution is 0.301. The van der Waals surface area contributed by atoms with Gasteiger partial charge >= 0.3 is 7.87 Å². The minimum absolute atomic E-state index is 0. The van der Waals surface area contributed by atoms with Crippen LogP contribution in [0.4, 0.5) is 0 Å². The summed E-state index contributed by atoms with van der Waals surface area (Å²) >= 11 is 0. The molecular weight excluding hydrogens is 1260 g/mol. The first-order valence-corrected chi connectivity index (χ1v) is 48.6. The maximum atomic E-state index is 7.87. The van der Waals surface area contributed by atoms with Gasteiger partial charge in [0.15, 0.2) is 0 Å². The molecule has 568 valence electrons. The van der Waals surface area contributed by atoms with Gasteiger partial charge in [-0.25, -0.2) is 56.0 Å². The van der Waals surface area contributed by atoms with Crippen molar-refractivity contribution in [3.05, 3.63) is 0 Å². The van der Waals surface area contributed by atoms with Crippen molar-refractivity contribution in [1.29, 1.82) is 0 Å². The second-order valence-electron chi connectivity index (χ2n) is 26.5. The molecule has 0 aromatic rings. The van der Waals surface area contributed by atoms with Gasteiger partial charge in [-0.2, -0.15) is 0 Å². The van der Waals surface area contributed by atoms with E-state index in [1.54, 1.807) is 0 Å². The van der Waals surface area contributed by atoms with Crippen LogP contribution in [0.5, 0.6) is 0 Å². The molecule has 0 rings (SSSR count). The Morgan fingerprint density at radius 1 is 0.149 bits per heavy atom. The standard InChI is InChI=1S/C72H168N16P5.H2O/c1-25-49-77(50-26-2)90(78(51-27-3)52-28-4,79(53-29-5)54-30-6)73-89(74-91(80(55-31-7)56-32-8,81(57-33-9)58-34-10)82(59-35-11)60-36-12,75-92(83(61-37-13)62-38-14,84(63-39-15)64-40-16)85(65-41-17)66-42-18)76-93(86(67-43-19)68-44-20,87(69-45-21)70-46-22)88(71-47-23)72-48-24;/h25-72H2,1-24H3;1H2/q+1;/p-1. The SMILES string of the molecule is CCCN(CCC)P(=N[P+](N=P(N(CCC)CCC)(N(CCC)CCC)N(CCC)CCC)(N=P(N(CCC)CCC)(N(CCC)CCC)N(CCC)CCC)N=P(N(CCC)CCC)(N(CCC)CCC)N(CCC)CCC)(N(CCC)CCC)N(CCC)CCC.[OH-]. The largest absolute Gasteiger partial charge is 0.870 e. The molecule has 0 unspecified atom stereocenters. The molecule has 0 radical (unpaired) electrons. The van der Waals surface area contributed by atoms with E-state index in [1.807, 2.05) is 0 Å². The molecule has 22 heteroatoms. The molecule has 0 aromatic heterocycles. The van der Waals surface area contributed by atoms with Crippen molar-refractivity contribution in [1.82, 2.24) is 56.0 Å². The molecule has 0 atom stereocenters. The first-order valence-electron chi connectivity index (χ1n) is 40.6. The zero-order valence-electron chi connectivity index (χ0n) is 67.8. The average Bonchev–Trinajstić information content (AvgIpc) is 0.711. The van der Waals surface area contributed by atoms with Gasteiger partial charge in [0, 0.05) is 157 Å². The van der Waals surface area contributed by atoms with Gasteiger partial charge in [-0.15, -0.1) is 0 Å². The Morgan fingerprint density at radius 3 is 0.266 bits per heavy atom. The molecule has 1 N–H and O–H groups in total. The monoisotopic (exact) mass is 1430 g/mol. The molecule has 0 fully saturated rings. The molecule has 0 aliphatic rings. The Morgan fingerprint density at radius 2 is 0.213 bits per heavy atom. The molecular formula is C72H169N16OP5. The van der Waals surface area contributed by atoms with E-state index in [0.29, 0.717) is 0 Å². The maximum Gasteiger partial charge on any atom is 0.502 e. The van der Waals surface area contributed by atoms with Crippen molar-refractivity contribution in [3.63, 3.8) is 0 Å². The Labute approximate surface area is 591 Å². The molecule has 0 saturated heterocycles. The summed E-state index contributed by atoms with van der Waals surface area (Å²) in [5.41, 5.74) is 0. The van der Waals surface area contributed by atoms with Crippen molar-refractivity contribution in [2.24, 2.45) is 18.1 Å². The highest BCUT2D eigenvalue weighted by Gasteiger charge is 2.61. The van der Waals surface area contributed by atoms with Crippen LogP contribution in [-0.4, -0.2) is 219 Å². The fraction of sp³-hybridized carbons (Fsp3) is 1.00. The molecule has 0 aromatic carbocycles. The predicted molar refractivity (Wildman–Crippen MR) is 432 cm³/mol. The van der Waals surface area contributed by atoms with Gasteiger partial charge in [0.2, 0.25) is 30.0 Å². The van der Waals surface area contributed by atoms with E-state index in [0.717, 1.165) is 311 Å². The summed E-state index contributed by atoms with van der Waals surface area (Å²) in [7, 11) is -16.3. The minimum atomic E-state index is -4.00. The summed E-state index contributed by atoms with van der Waals surface area (Å²) in [4.78, 5) is 0. The summed E-state index contributed by atoms with van der Waals surface area (Å²) in [6.07, 6.45) is 25.4. The van der Waals surface area contributed by atoms with E-state index in [4.69, 9.17) is 18.1 Å². The fourth-order valence-electron chi connectivity index (χ4n) is 14.3. The van der Waals surface area contributed by atoms with Crippen molar-refractivity contribution in [2.75, 3.05) is 157 Å². The van der Waals surface area contributed by atoms with Crippen LogP contribution in [0.3, 0.4) is 0 Å². The van der Waals surface area contributed by atoms with Crippen LogP contribution in [0.25, 0.3) is 0 Å². The highest BCUT2D eigenvalue weighted by Crippen LogP contribution is 2.88. The van der Waals surface area contributed by atoms with E-state index in [9.17, 15) is 0 Å². The maximum absolute atomic E-state index is 7.87. The van der Waals surface area contributed by atoms with E-state index in [-0.39, 0.29) is 5.48 Å². The third-order valence-electron chi connectivity index (χ3n) is 17.1. The van der Waals surface area contributed by atoms with E-state index in [2.05, 4.69) is 222 Å². The molecule has 0 aliphatic carbocycles. The first-order chi connectivity index (χ1) is 45.1. The number of rotatable bonds is 64. The van der Waals surface area contributed by atoms with Gasteiger partial charge in [0.25, 0.3) is 0 Å². The number of hydrogen-bond donors (Lipinski definition) is 0. The van der Waals surface area contributed by atoms with Crippen molar-refractivity contribution >= 4 is 37.9 Å². The molecule has 0 bridgehead atoms. The molecule has 0 heterocycles. The van der Waals surface area contributed by atoms with Crippen molar-refractivity contribution < 1.29 is 5.48 Å². The quantitative estimate of drug-likeness (QED) is 0.0538. The van der Waals surface area contributed by atoms with Crippen molar-refractivity contribution in [2.45, 2.75) is 320 Å². The fourth-order valence-corrected chi connectivity index (χ4v) is 43.2. The van der Waals surface area contributed by atoms with Crippen molar-refractivity contribution in [3.8, 4) is 0 Å². The van der Waals surface area contributed by atoms with Crippen LogP contribution in [-0.2, 0) is 0 Å². The smallest absolute Gasteiger partial charge is 0.502 e. The van der Waals surface area contributed by atoms with E-state index in [1.165, 1.54) is 0 Å². The normalized spacial score (nSPS) is 13.2. The van der Waals surface area contributed by atoms with Gasteiger partial charge in [0.1, 0.15) is 0 Å². The van der Waals surface area contributed by atoms with Gasteiger partial charge in [-0.3, -0.25) is 0 Å². The Hall–Kier alpha value is 0.830. The van der Waals surface area contributed by atoms with Crippen LogP contribution in [0.15, 0.2) is 18.1 Å². The lowest BCUT2D eigenvalue weighted by atomic mass is 10.4. The summed E-state index contributed by atoms with van der Waals surface area (Å²) < 4.78 is 68.2. The summed E-state index contributed by atoms with van der Waals surface area (Å²) in [5.74, 6) is 0. The highest BCUT2D eigenvalue weighted by molar-refractivity contribution is 7.88. The first kappa shape index (κ1) is 96.9. The average molecular weight is 1430 g/mol. The zero-order chi connectivity index (χ0) is 70.2. The third kappa shape index (κ3) is 27.5. The van der Waals surface area contributed by atoms with Gasteiger partial charge in [-0.1, -0.05) is 166 Å². The third-order valence-corrected chi connectivity index (χ3v) is 38.7. The summed E-state index contributed by atoms with van der Waals surface area (Å²) in [6.45, 7) is 82.7. The molecule has 0 saturated carbocycles. The van der Waals surface area contributed by atoms with Crippen LogP contribution >= 0.6 is 37.9 Å². The zero-order valence-corrected chi connectivity index (χ0v) is 72.3. The molecule has 17 nitrogen and oxygen atoms in total. The second kappa shape index (κ2) is 57.3. The Kier molecular flexibility index (Phi) is 59.0. The van der Waals surface area contributed by atoms with Gasteiger partial charge in [0.05, 0.1) is 0 Å². The summed E-state index contributed by atoms with van der Waals surface area (Å²) in [6, 6.07) is 0. The predicted octanol–water partition coefficient (Wildman–Crippen LogP) is 23.7. The second-order valence-corrected chi connectivity index (χ2v) is 41.5. The van der Waals surface area contributed by atoms with E-state index < -0.39 is 37.9 Å². The van der Waals surface area contributed by atoms with Gasteiger partial charge in [-0.05, 0) is 172 Å².